The summed E-state index contributed by atoms with van der Waals surface area (Å²) in [6.07, 6.45) is 7.48. The lowest BCUT2D eigenvalue weighted by Crippen LogP contribution is -2.51. The number of hydrogen-bond acceptors (Lipinski definition) is 3. The molecule has 23 heavy (non-hydrogen) atoms. The van der Waals surface area contributed by atoms with Crippen molar-refractivity contribution in [3.8, 4) is 0 Å². The molecule has 1 aromatic heterocycles. The smallest absolute Gasteiger partial charge is 0.229 e. The highest BCUT2D eigenvalue weighted by atomic mass is 16.2. The third-order valence-corrected chi connectivity index (χ3v) is 4.66. The van der Waals surface area contributed by atoms with E-state index in [9.17, 15) is 4.79 Å². The molecule has 122 valence electrons. The summed E-state index contributed by atoms with van der Waals surface area (Å²) >= 11 is 0. The van der Waals surface area contributed by atoms with E-state index in [2.05, 4.69) is 22.5 Å². The van der Waals surface area contributed by atoms with Crippen LogP contribution in [0.5, 0.6) is 0 Å². The zero-order valence-electron chi connectivity index (χ0n) is 13.5. The van der Waals surface area contributed by atoms with Gasteiger partial charge in [-0.05, 0) is 25.3 Å². The first-order chi connectivity index (χ1) is 11.0. The number of nitrogens with two attached hydrogens (primary N) is 1. The molecular formula is C18H24N4O. The van der Waals surface area contributed by atoms with Crippen molar-refractivity contribution >= 4 is 11.6 Å². The Kier molecular flexibility index (Phi) is 4.48. The molecule has 0 spiro atoms. The van der Waals surface area contributed by atoms with Gasteiger partial charge in [-0.25, -0.2) is 0 Å². The van der Waals surface area contributed by atoms with Crippen molar-refractivity contribution in [3.05, 3.63) is 48.3 Å². The molecule has 3 rings (SSSR count). The Morgan fingerprint density at radius 2 is 2.17 bits per heavy atom. The van der Waals surface area contributed by atoms with Gasteiger partial charge in [0, 0.05) is 11.7 Å². The molecule has 1 heterocycles. The van der Waals surface area contributed by atoms with E-state index >= 15 is 0 Å². The molecule has 5 heteroatoms. The van der Waals surface area contributed by atoms with Crippen LogP contribution in [-0.4, -0.2) is 21.2 Å². The number of carbonyl (C=O) groups is 1. The second-order valence-corrected chi connectivity index (χ2v) is 6.71. The lowest BCUT2D eigenvalue weighted by molar-refractivity contribution is -0.122. The van der Waals surface area contributed by atoms with Gasteiger partial charge in [-0.1, -0.05) is 43.2 Å². The Labute approximate surface area is 136 Å². The molecule has 0 aliphatic heterocycles. The number of anilines is 1. The van der Waals surface area contributed by atoms with E-state index in [0.717, 1.165) is 31.4 Å². The largest absolute Gasteiger partial charge is 0.325 e. The van der Waals surface area contributed by atoms with Crippen molar-refractivity contribution in [1.82, 2.24) is 9.78 Å². The number of nitrogens with zero attached hydrogens (tertiary/aromatic N) is 2. The third-order valence-electron chi connectivity index (χ3n) is 4.66. The van der Waals surface area contributed by atoms with Gasteiger partial charge in [0.25, 0.3) is 0 Å². The first-order valence-corrected chi connectivity index (χ1v) is 8.21. The second-order valence-electron chi connectivity index (χ2n) is 6.71. The van der Waals surface area contributed by atoms with Gasteiger partial charge < -0.3 is 11.1 Å². The first kappa shape index (κ1) is 15.7. The number of benzene rings is 1. The predicted octanol–water partition coefficient (Wildman–Crippen LogP) is 2.78. The summed E-state index contributed by atoms with van der Waals surface area (Å²) in [4.78, 5) is 12.5. The summed E-state index contributed by atoms with van der Waals surface area (Å²) < 4.78 is 1.83. The number of aromatic nitrogens is 2. The van der Waals surface area contributed by atoms with Gasteiger partial charge in [-0.15, -0.1) is 0 Å². The molecule has 0 saturated heterocycles. The fourth-order valence-electron chi connectivity index (χ4n) is 3.30. The van der Waals surface area contributed by atoms with Crippen LogP contribution in [0, 0.1) is 5.92 Å². The average Bonchev–Trinajstić information content (AvgIpc) is 2.94. The Hall–Kier alpha value is -2.14. The van der Waals surface area contributed by atoms with E-state index in [1.165, 1.54) is 5.56 Å². The highest BCUT2D eigenvalue weighted by Gasteiger charge is 2.37. The summed E-state index contributed by atoms with van der Waals surface area (Å²) in [5.74, 6) is -0.123. The molecule has 2 atom stereocenters. The highest BCUT2D eigenvalue weighted by molar-refractivity contribution is 5.93. The first-order valence-electron chi connectivity index (χ1n) is 8.21. The van der Waals surface area contributed by atoms with Crippen LogP contribution in [0.4, 0.5) is 5.69 Å². The minimum atomic E-state index is -0.414. The van der Waals surface area contributed by atoms with Crippen molar-refractivity contribution in [2.24, 2.45) is 11.7 Å². The van der Waals surface area contributed by atoms with Gasteiger partial charge in [-0.2, -0.15) is 5.10 Å². The molecule has 2 unspecified atom stereocenters. The summed E-state index contributed by atoms with van der Waals surface area (Å²) in [5, 5.41) is 7.29. The van der Waals surface area contributed by atoms with Crippen molar-refractivity contribution in [3.63, 3.8) is 0 Å². The molecule has 0 bridgehead atoms. The molecule has 1 aliphatic carbocycles. The molecule has 1 aliphatic rings. The van der Waals surface area contributed by atoms with Crippen molar-refractivity contribution in [2.75, 3.05) is 5.32 Å². The third kappa shape index (κ3) is 3.79. The Bertz CT molecular complexity index is 663. The van der Waals surface area contributed by atoms with Crippen molar-refractivity contribution < 1.29 is 4.79 Å². The second kappa shape index (κ2) is 6.54. The van der Waals surface area contributed by atoms with Crippen LogP contribution in [0.3, 0.4) is 0 Å². The van der Waals surface area contributed by atoms with Gasteiger partial charge in [0.2, 0.25) is 5.91 Å². The lowest BCUT2D eigenvalue weighted by Gasteiger charge is -2.37. The van der Waals surface area contributed by atoms with Gasteiger partial charge in [0.05, 0.1) is 24.3 Å². The highest BCUT2D eigenvalue weighted by Crippen LogP contribution is 2.32. The minimum Gasteiger partial charge on any atom is -0.325 e. The molecule has 2 aromatic rings. The van der Waals surface area contributed by atoms with Gasteiger partial charge in [0.15, 0.2) is 0 Å². The molecule has 1 amide bonds. The van der Waals surface area contributed by atoms with Crippen LogP contribution in [-0.2, 0) is 11.3 Å². The van der Waals surface area contributed by atoms with E-state index < -0.39 is 5.54 Å². The van der Waals surface area contributed by atoms with E-state index in [1.807, 2.05) is 36.0 Å². The van der Waals surface area contributed by atoms with Crippen LogP contribution in [0.1, 0.15) is 38.2 Å². The zero-order chi connectivity index (χ0) is 16.3. The lowest BCUT2D eigenvalue weighted by atomic mass is 9.74. The van der Waals surface area contributed by atoms with Crippen LogP contribution >= 0.6 is 0 Å². The standard InChI is InChI=1S/C18H24N4O/c1-18(19)10-6-5-9-16(18)17(23)21-15-11-20-22(13-15)12-14-7-3-2-4-8-14/h2-4,7-8,11,13,16H,5-6,9-10,12,19H2,1H3,(H,21,23). The maximum atomic E-state index is 12.5. The molecule has 1 saturated carbocycles. The fourth-order valence-corrected chi connectivity index (χ4v) is 3.30. The number of rotatable bonds is 4. The van der Waals surface area contributed by atoms with Crippen molar-refractivity contribution in [2.45, 2.75) is 44.7 Å². The summed E-state index contributed by atoms with van der Waals surface area (Å²) in [6, 6.07) is 10.1. The molecule has 3 N–H and O–H groups in total. The molecule has 1 fully saturated rings. The maximum Gasteiger partial charge on any atom is 0.229 e. The number of carbonyl (C=O) groups excluding carboxylic acids is 1. The summed E-state index contributed by atoms with van der Waals surface area (Å²) in [5.41, 5.74) is 7.79. The Balaban J connectivity index is 1.63. The number of hydrogen-bond donors (Lipinski definition) is 2. The van der Waals surface area contributed by atoms with Gasteiger partial charge in [0.1, 0.15) is 0 Å². The molecule has 1 aromatic carbocycles. The van der Waals surface area contributed by atoms with E-state index in [1.54, 1.807) is 6.20 Å². The zero-order valence-corrected chi connectivity index (χ0v) is 13.5. The summed E-state index contributed by atoms with van der Waals surface area (Å²) in [7, 11) is 0. The van der Waals surface area contributed by atoms with Crippen molar-refractivity contribution in [1.29, 1.82) is 0 Å². The normalized spacial score (nSPS) is 24.3. The number of nitrogens with one attached hydrogen (secondary N) is 1. The average molecular weight is 312 g/mol. The van der Waals surface area contributed by atoms with E-state index in [4.69, 9.17) is 5.73 Å². The fraction of sp³-hybridized carbons (Fsp3) is 0.444. The minimum absolute atomic E-state index is 0.00830. The Morgan fingerprint density at radius 3 is 2.91 bits per heavy atom. The maximum absolute atomic E-state index is 12.5. The summed E-state index contributed by atoms with van der Waals surface area (Å²) in [6.45, 7) is 2.67. The van der Waals surface area contributed by atoms with E-state index in [0.29, 0.717) is 6.54 Å². The van der Waals surface area contributed by atoms with E-state index in [-0.39, 0.29) is 11.8 Å². The topological polar surface area (TPSA) is 72.9 Å². The Morgan fingerprint density at radius 1 is 1.39 bits per heavy atom. The van der Waals surface area contributed by atoms with Crippen LogP contribution in [0.25, 0.3) is 0 Å². The van der Waals surface area contributed by atoms with Crippen LogP contribution < -0.4 is 11.1 Å². The van der Waals surface area contributed by atoms with Gasteiger partial charge in [-0.3, -0.25) is 9.48 Å². The molecule has 5 nitrogen and oxygen atoms in total. The molecule has 0 radical (unpaired) electrons. The quantitative estimate of drug-likeness (QED) is 0.911. The number of amides is 1. The monoisotopic (exact) mass is 312 g/mol. The van der Waals surface area contributed by atoms with Crippen LogP contribution in [0.15, 0.2) is 42.7 Å². The van der Waals surface area contributed by atoms with Gasteiger partial charge >= 0.3 is 0 Å². The predicted molar refractivity (Wildman–Crippen MR) is 91.0 cm³/mol. The molecular weight excluding hydrogens is 288 g/mol. The SMILES string of the molecule is CC1(N)CCCCC1C(=O)Nc1cnn(Cc2ccccc2)c1. The van der Waals surface area contributed by atoms with Crippen LogP contribution in [0.2, 0.25) is 0 Å².